The van der Waals surface area contributed by atoms with Crippen molar-refractivity contribution < 1.29 is 0 Å². The molecule has 1 heterocycles. The van der Waals surface area contributed by atoms with Gasteiger partial charge in [-0.05, 0) is 36.2 Å². The fourth-order valence-corrected chi connectivity index (χ4v) is 2.15. The summed E-state index contributed by atoms with van der Waals surface area (Å²) in [5.41, 5.74) is 1.64. The lowest BCUT2D eigenvalue weighted by Crippen LogP contribution is -2.40. The monoisotopic (exact) mass is 249 g/mol. The van der Waals surface area contributed by atoms with Crippen molar-refractivity contribution in [2.45, 2.75) is 34.2 Å². The smallest absolute Gasteiger partial charge is 0.0271 e. The predicted molar refractivity (Wildman–Crippen MR) is 77.5 cm³/mol. The molecule has 0 aromatic carbocycles. The molecule has 0 saturated carbocycles. The van der Waals surface area contributed by atoms with Gasteiger partial charge in [0.25, 0.3) is 0 Å². The van der Waals surface area contributed by atoms with Gasteiger partial charge in [0.1, 0.15) is 0 Å². The molecule has 0 saturated heterocycles. The van der Waals surface area contributed by atoms with Crippen molar-refractivity contribution in [1.82, 2.24) is 15.2 Å². The SMILES string of the molecule is CCNCC(C)(C)CN(CC)Cc1ccncc1. The highest BCUT2D eigenvalue weighted by atomic mass is 15.1. The van der Waals surface area contributed by atoms with Crippen molar-refractivity contribution in [2.75, 3.05) is 26.2 Å². The van der Waals surface area contributed by atoms with Crippen molar-refractivity contribution in [3.05, 3.63) is 30.1 Å². The predicted octanol–water partition coefficient (Wildman–Crippen LogP) is 2.54. The van der Waals surface area contributed by atoms with Crippen LogP contribution >= 0.6 is 0 Å². The summed E-state index contributed by atoms with van der Waals surface area (Å²) in [5.74, 6) is 0. The van der Waals surface area contributed by atoms with Gasteiger partial charge in [-0.2, -0.15) is 0 Å². The first kappa shape index (κ1) is 15.1. The van der Waals surface area contributed by atoms with Gasteiger partial charge in [-0.25, -0.2) is 0 Å². The topological polar surface area (TPSA) is 28.2 Å². The number of rotatable bonds is 8. The second-order valence-electron chi connectivity index (χ2n) is 5.60. The van der Waals surface area contributed by atoms with Crippen molar-refractivity contribution in [3.8, 4) is 0 Å². The van der Waals surface area contributed by atoms with E-state index in [9.17, 15) is 0 Å². The van der Waals surface area contributed by atoms with Crippen LogP contribution in [0, 0.1) is 5.41 Å². The Labute approximate surface area is 112 Å². The molecule has 0 atom stereocenters. The van der Waals surface area contributed by atoms with Crippen LogP contribution in [0.5, 0.6) is 0 Å². The molecule has 1 N–H and O–H groups in total. The zero-order valence-corrected chi connectivity index (χ0v) is 12.2. The highest BCUT2D eigenvalue weighted by Crippen LogP contribution is 2.17. The lowest BCUT2D eigenvalue weighted by molar-refractivity contribution is 0.175. The Morgan fingerprint density at radius 1 is 1.22 bits per heavy atom. The van der Waals surface area contributed by atoms with E-state index in [-0.39, 0.29) is 0 Å². The molecule has 0 spiro atoms. The van der Waals surface area contributed by atoms with Gasteiger partial charge in [0, 0.05) is 32.0 Å². The first-order valence-electron chi connectivity index (χ1n) is 6.89. The van der Waals surface area contributed by atoms with Crippen LogP contribution in [-0.4, -0.2) is 36.1 Å². The van der Waals surface area contributed by atoms with E-state index < -0.39 is 0 Å². The van der Waals surface area contributed by atoms with Crippen LogP contribution in [0.1, 0.15) is 33.3 Å². The number of hydrogen-bond acceptors (Lipinski definition) is 3. The highest BCUT2D eigenvalue weighted by Gasteiger charge is 2.20. The molecular formula is C15H27N3. The molecule has 0 amide bonds. The molecular weight excluding hydrogens is 222 g/mol. The second-order valence-corrected chi connectivity index (χ2v) is 5.60. The van der Waals surface area contributed by atoms with E-state index in [1.165, 1.54) is 5.56 Å². The average molecular weight is 249 g/mol. The minimum Gasteiger partial charge on any atom is -0.316 e. The van der Waals surface area contributed by atoms with Gasteiger partial charge in [-0.3, -0.25) is 9.88 Å². The largest absolute Gasteiger partial charge is 0.316 e. The first-order valence-corrected chi connectivity index (χ1v) is 6.89. The molecule has 0 unspecified atom stereocenters. The van der Waals surface area contributed by atoms with Crippen LogP contribution in [0.3, 0.4) is 0 Å². The van der Waals surface area contributed by atoms with E-state index >= 15 is 0 Å². The van der Waals surface area contributed by atoms with Crippen molar-refractivity contribution in [1.29, 1.82) is 0 Å². The van der Waals surface area contributed by atoms with E-state index in [1.807, 2.05) is 12.4 Å². The van der Waals surface area contributed by atoms with Gasteiger partial charge in [-0.15, -0.1) is 0 Å². The summed E-state index contributed by atoms with van der Waals surface area (Å²) in [6.07, 6.45) is 3.74. The summed E-state index contributed by atoms with van der Waals surface area (Å²) in [6, 6.07) is 4.19. The van der Waals surface area contributed by atoms with E-state index in [1.54, 1.807) is 0 Å². The summed E-state index contributed by atoms with van der Waals surface area (Å²) in [5, 5.41) is 3.45. The zero-order chi connectivity index (χ0) is 13.4. The normalized spacial score (nSPS) is 12.1. The van der Waals surface area contributed by atoms with Crippen LogP contribution in [-0.2, 0) is 6.54 Å². The standard InChI is InChI=1S/C15H27N3/c1-5-16-12-15(3,4)13-18(6-2)11-14-7-9-17-10-8-14/h7-10,16H,5-6,11-13H2,1-4H3. The van der Waals surface area contributed by atoms with E-state index in [0.29, 0.717) is 5.41 Å². The zero-order valence-electron chi connectivity index (χ0n) is 12.2. The Morgan fingerprint density at radius 3 is 2.44 bits per heavy atom. The summed E-state index contributed by atoms with van der Waals surface area (Å²) in [6.45, 7) is 14.3. The molecule has 0 fully saturated rings. The summed E-state index contributed by atoms with van der Waals surface area (Å²) in [7, 11) is 0. The molecule has 3 heteroatoms. The third kappa shape index (κ3) is 5.61. The Hall–Kier alpha value is -0.930. The molecule has 1 rings (SSSR count). The number of pyridine rings is 1. The van der Waals surface area contributed by atoms with Crippen LogP contribution in [0.4, 0.5) is 0 Å². The molecule has 0 bridgehead atoms. The maximum atomic E-state index is 4.07. The molecule has 0 aliphatic carbocycles. The van der Waals surface area contributed by atoms with Gasteiger partial charge >= 0.3 is 0 Å². The molecule has 18 heavy (non-hydrogen) atoms. The van der Waals surface area contributed by atoms with Gasteiger partial charge in [0.2, 0.25) is 0 Å². The van der Waals surface area contributed by atoms with Crippen molar-refractivity contribution >= 4 is 0 Å². The Kier molecular flexibility index (Phi) is 6.30. The third-order valence-electron chi connectivity index (χ3n) is 3.11. The first-order chi connectivity index (χ1) is 8.57. The molecule has 1 aromatic heterocycles. The fraction of sp³-hybridized carbons (Fsp3) is 0.667. The minimum atomic E-state index is 0.305. The fourth-order valence-electron chi connectivity index (χ4n) is 2.15. The van der Waals surface area contributed by atoms with E-state index in [0.717, 1.165) is 32.7 Å². The lowest BCUT2D eigenvalue weighted by atomic mass is 9.92. The molecule has 102 valence electrons. The van der Waals surface area contributed by atoms with Gasteiger partial charge in [0.15, 0.2) is 0 Å². The van der Waals surface area contributed by atoms with Crippen LogP contribution in [0.25, 0.3) is 0 Å². The maximum Gasteiger partial charge on any atom is 0.0271 e. The third-order valence-corrected chi connectivity index (χ3v) is 3.11. The molecule has 1 aromatic rings. The molecule has 0 radical (unpaired) electrons. The molecule has 0 aliphatic heterocycles. The van der Waals surface area contributed by atoms with Crippen molar-refractivity contribution in [2.24, 2.45) is 5.41 Å². The van der Waals surface area contributed by atoms with Crippen LogP contribution in [0.15, 0.2) is 24.5 Å². The minimum absolute atomic E-state index is 0.305. The van der Waals surface area contributed by atoms with E-state index in [2.05, 4.69) is 55.0 Å². The Balaban J connectivity index is 2.51. The molecule has 0 aliphatic rings. The van der Waals surface area contributed by atoms with Crippen LogP contribution < -0.4 is 5.32 Å². The number of nitrogens with one attached hydrogen (secondary N) is 1. The Morgan fingerprint density at radius 2 is 1.89 bits per heavy atom. The van der Waals surface area contributed by atoms with Gasteiger partial charge in [-0.1, -0.05) is 27.7 Å². The quantitative estimate of drug-likeness (QED) is 0.767. The van der Waals surface area contributed by atoms with E-state index in [4.69, 9.17) is 0 Å². The summed E-state index contributed by atoms with van der Waals surface area (Å²) in [4.78, 5) is 6.56. The highest BCUT2D eigenvalue weighted by molar-refractivity contribution is 5.09. The van der Waals surface area contributed by atoms with Gasteiger partial charge < -0.3 is 5.32 Å². The maximum absolute atomic E-state index is 4.07. The second kappa shape index (κ2) is 7.49. The summed E-state index contributed by atoms with van der Waals surface area (Å²) >= 11 is 0. The number of nitrogens with zero attached hydrogens (tertiary/aromatic N) is 2. The molecule has 3 nitrogen and oxygen atoms in total. The summed E-state index contributed by atoms with van der Waals surface area (Å²) < 4.78 is 0. The van der Waals surface area contributed by atoms with Crippen molar-refractivity contribution in [3.63, 3.8) is 0 Å². The number of hydrogen-bond donors (Lipinski definition) is 1. The Bertz CT molecular complexity index is 322. The number of aromatic nitrogens is 1. The average Bonchev–Trinajstić information content (AvgIpc) is 2.36. The van der Waals surface area contributed by atoms with Crippen LogP contribution in [0.2, 0.25) is 0 Å². The van der Waals surface area contributed by atoms with Gasteiger partial charge in [0.05, 0.1) is 0 Å². The lowest BCUT2D eigenvalue weighted by Gasteiger charge is -2.32.